The van der Waals surface area contributed by atoms with Crippen molar-refractivity contribution < 1.29 is 18.0 Å². The molecular formula is C18H16F3NO. The number of nitrogens with zero attached hydrogens (tertiary/aromatic N) is 1. The number of alkyl halides is 3. The Hall–Kier alpha value is -2.30. The lowest BCUT2D eigenvalue weighted by atomic mass is 9.94. The average molecular weight is 319 g/mol. The molecule has 1 aliphatic rings. The van der Waals surface area contributed by atoms with Gasteiger partial charge in [-0.25, -0.2) is 0 Å². The SMILES string of the molecule is CN1C(=O)c2ccccc2CCc2cc(CC(F)(F)F)ccc21. The van der Waals surface area contributed by atoms with Crippen LogP contribution in [-0.2, 0) is 19.3 Å². The van der Waals surface area contributed by atoms with Crippen molar-refractivity contribution >= 4 is 11.6 Å². The number of hydrogen-bond donors (Lipinski definition) is 0. The van der Waals surface area contributed by atoms with E-state index in [0.29, 0.717) is 24.1 Å². The first kappa shape index (κ1) is 15.6. The molecule has 0 radical (unpaired) electrons. The highest BCUT2D eigenvalue weighted by Gasteiger charge is 2.28. The molecule has 0 saturated carbocycles. The van der Waals surface area contributed by atoms with Crippen LogP contribution < -0.4 is 4.90 Å². The molecule has 0 bridgehead atoms. The van der Waals surface area contributed by atoms with Crippen LogP contribution in [0.3, 0.4) is 0 Å². The Kier molecular flexibility index (Phi) is 3.88. The zero-order chi connectivity index (χ0) is 16.6. The summed E-state index contributed by atoms with van der Waals surface area (Å²) in [6, 6.07) is 12.0. The molecule has 0 unspecified atom stereocenters. The van der Waals surface area contributed by atoms with E-state index >= 15 is 0 Å². The van der Waals surface area contributed by atoms with Crippen LogP contribution in [-0.4, -0.2) is 19.1 Å². The summed E-state index contributed by atoms with van der Waals surface area (Å²) in [6.07, 6.45) is -3.94. The predicted molar refractivity (Wildman–Crippen MR) is 82.8 cm³/mol. The van der Waals surface area contributed by atoms with E-state index in [9.17, 15) is 18.0 Å². The summed E-state index contributed by atoms with van der Waals surface area (Å²) in [5, 5.41) is 0. The highest BCUT2D eigenvalue weighted by Crippen LogP contribution is 2.30. The zero-order valence-electron chi connectivity index (χ0n) is 12.7. The lowest BCUT2D eigenvalue weighted by molar-refractivity contribution is -0.127. The monoisotopic (exact) mass is 319 g/mol. The molecule has 2 aromatic rings. The quantitative estimate of drug-likeness (QED) is 0.772. The fourth-order valence-corrected chi connectivity index (χ4v) is 3.01. The van der Waals surface area contributed by atoms with Gasteiger partial charge in [0.2, 0.25) is 0 Å². The number of aryl methyl sites for hydroxylation is 2. The molecule has 1 aliphatic heterocycles. The second-order valence-electron chi connectivity index (χ2n) is 5.78. The molecule has 0 spiro atoms. The van der Waals surface area contributed by atoms with Gasteiger partial charge in [-0.1, -0.05) is 30.3 Å². The molecule has 2 aromatic carbocycles. The van der Waals surface area contributed by atoms with Crippen molar-refractivity contribution in [3.05, 3.63) is 64.7 Å². The van der Waals surface area contributed by atoms with Crippen molar-refractivity contribution in [1.82, 2.24) is 0 Å². The summed E-state index contributed by atoms with van der Waals surface area (Å²) < 4.78 is 37.8. The van der Waals surface area contributed by atoms with Crippen LogP contribution in [0.15, 0.2) is 42.5 Å². The number of amides is 1. The second kappa shape index (κ2) is 5.72. The van der Waals surface area contributed by atoms with Gasteiger partial charge in [0.15, 0.2) is 0 Å². The summed E-state index contributed by atoms with van der Waals surface area (Å²) in [5.74, 6) is -0.134. The van der Waals surface area contributed by atoms with Gasteiger partial charge in [-0.2, -0.15) is 13.2 Å². The maximum atomic E-state index is 12.6. The van der Waals surface area contributed by atoms with Gasteiger partial charge in [-0.15, -0.1) is 0 Å². The molecule has 0 fully saturated rings. The first-order valence-corrected chi connectivity index (χ1v) is 7.40. The molecule has 1 amide bonds. The van der Waals surface area contributed by atoms with Crippen LogP contribution in [0.1, 0.15) is 27.0 Å². The van der Waals surface area contributed by atoms with E-state index in [1.54, 1.807) is 25.2 Å². The molecule has 23 heavy (non-hydrogen) atoms. The normalized spacial score (nSPS) is 14.8. The van der Waals surface area contributed by atoms with Crippen LogP contribution in [0.4, 0.5) is 18.9 Å². The Morgan fingerprint density at radius 3 is 2.48 bits per heavy atom. The number of halogens is 3. The fourth-order valence-electron chi connectivity index (χ4n) is 3.01. The van der Waals surface area contributed by atoms with Gasteiger partial charge in [0.1, 0.15) is 0 Å². The molecule has 5 heteroatoms. The maximum absolute atomic E-state index is 12.6. The van der Waals surface area contributed by atoms with Crippen LogP contribution in [0.5, 0.6) is 0 Å². The molecule has 0 atom stereocenters. The van der Waals surface area contributed by atoms with Crippen molar-refractivity contribution in [1.29, 1.82) is 0 Å². The van der Waals surface area contributed by atoms with E-state index < -0.39 is 12.6 Å². The number of benzene rings is 2. The number of anilines is 1. The summed E-state index contributed by atoms with van der Waals surface area (Å²) in [6.45, 7) is 0. The highest BCUT2D eigenvalue weighted by molar-refractivity contribution is 6.07. The Balaban J connectivity index is 2.00. The summed E-state index contributed by atoms with van der Waals surface area (Å²) in [4.78, 5) is 14.1. The molecule has 120 valence electrons. The summed E-state index contributed by atoms with van der Waals surface area (Å²) in [5.41, 5.74) is 3.26. The van der Waals surface area contributed by atoms with Gasteiger partial charge < -0.3 is 4.90 Å². The third-order valence-corrected chi connectivity index (χ3v) is 4.13. The van der Waals surface area contributed by atoms with Crippen LogP contribution in [0.2, 0.25) is 0 Å². The van der Waals surface area contributed by atoms with Crippen LogP contribution in [0, 0.1) is 0 Å². The van der Waals surface area contributed by atoms with Gasteiger partial charge in [0.05, 0.1) is 6.42 Å². The van der Waals surface area contributed by atoms with Crippen LogP contribution >= 0.6 is 0 Å². The molecule has 0 saturated heterocycles. The Bertz CT molecular complexity index is 752. The lowest BCUT2D eigenvalue weighted by Crippen LogP contribution is -2.30. The molecule has 2 nitrogen and oxygen atoms in total. The van der Waals surface area contributed by atoms with Crippen molar-refractivity contribution in [3.8, 4) is 0 Å². The van der Waals surface area contributed by atoms with Crippen LogP contribution in [0.25, 0.3) is 0 Å². The Morgan fingerprint density at radius 2 is 1.74 bits per heavy atom. The number of fused-ring (bicyclic) bond motifs is 2. The van der Waals surface area contributed by atoms with Gasteiger partial charge in [-0.3, -0.25) is 4.79 Å². The molecule has 0 aromatic heterocycles. The minimum absolute atomic E-state index is 0.134. The Labute approximate surface area is 132 Å². The van der Waals surface area contributed by atoms with E-state index in [1.807, 2.05) is 18.2 Å². The topological polar surface area (TPSA) is 20.3 Å². The molecular weight excluding hydrogens is 303 g/mol. The Morgan fingerprint density at radius 1 is 1.04 bits per heavy atom. The third kappa shape index (κ3) is 3.23. The standard InChI is InChI=1S/C18H16F3NO/c1-22-16-9-6-12(11-18(19,20)21)10-14(16)8-7-13-4-2-3-5-15(13)17(22)23/h2-6,9-10H,7-8,11H2,1H3. The van der Waals surface area contributed by atoms with Gasteiger partial charge in [-0.05, 0) is 41.7 Å². The molecule has 3 rings (SSSR count). The van der Waals surface area contributed by atoms with E-state index in [1.165, 1.54) is 11.0 Å². The van der Waals surface area contributed by atoms with E-state index in [4.69, 9.17) is 0 Å². The van der Waals surface area contributed by atoms with Gasteiger partial charge >= 0.3 is 6.18 Å². The number of rotatable bonds is 1. The van der Waals surface area contributed by atoms with Gasteiger partial charge in [0.25, 0.3) is 5.91 Å². The third-order valence-electron chi connectivity index (χ3n) is 4.13. The second-order valence-corrected chi connectivity index (χ2v) is 5.78. The fraction of sp³-hybridized carbons (Fsp3) is 0.278. The zero-order valence-corrected chi connectivity index (χ0v) is 12.7. The van der Waals surface area contributed by atoms with Gasteiger partial charge in [0, 0.05) is 18.3 Å². The molecule has 0 N–H and O–H groups in total. The number of hydrogen-bond acceptors (Lipinski definition) is 1. The van der Waals surface area contributed by atoms with Crippen molar-refractivity contribution in [3.63, 3.8) is 0 Å². The first-order chi connectivity index (χ1) is 10.8. The summed E-state index contributed by atoms with van der Waals surface area (Å²) >= 11 is 0. The minimum atomic E-state index is -4.23. The average Bonchev–Trinajstić information content (AvgIpc) is 2.49. The highest BCUT2D eigenvalue weighted by atomic mass is 19.4. The smallest absolute Gasteiger partial charge is 0.311 e. The summed E-state index contributed by atoms with van der Waals surface area (Å²) in [7, 11) is 1.66. The van der Waals surface area contributed by atoms with E-state index in [2.05, 4.69) is 0 Å². The molecule has 0 aliphatic carbocycles. The van der Waals surface area contributed by atoms with Crippen molar-refractivity contribution in [2.75, 3.05) is 11.9 Å². The predicted octanol–water partition coefficient (Wildman–Crippen LogP) is 4.17. The number of carbonyl (C=O) groups is 1. The van der Waals surface area contributed by atoms with Crippen molar-refractivity contribution in [2.45, 2.75) is 25.4 Å². The first-order valence-electron chi connectivity index (χ1n) is 7.40. The lowest BCUT2D eigenvalue weighted by Gasteiger charge is -2.25. The number of carbonyl (C=O) groups excluding carboxylic acids is 1. The largest absolute Gasteiger partial charge is 0.393 e. The van der Waals surface area contributed by atoms with E-state index in [-0.39, 0.29) is 11.5 Å². The minimum Gasteiger partial charge on any atom is -0.311 e. The maximum Gasteiger partial charge on any atom is 0.393 e. The van der Waals surface area contributed by atoms with E-state index in [0.717, 1.165) is 11.1 Å². The molecule has 1 heterocycles. The van der Waals surface area contributed by atoms with Crippen molar-refractivity contribution in [2.24, 2.45) is 0 Å².